The number of nitrogens with zero attached hydrogens (tertiary/aromatic N) is 2. The zero-order chi connectivity index (χ0) is 17.4. The first-order valence-corrected chi connectivity index (χ1v) is 10.0. The average molecular weight is 374 g/mol. The van der Waals surface area contributed by atoms with Crippen LogP contribution in [0.25, 0.3) is 21.3 Å². The Kier molecular flexibility index (Phi) is 4.45. The predicted octanol–water partition coefficient (Wildman–Crippen LogP) is 3.93. The van der Waals surface area contributed by atoms with E-state index < -0.39 is 5.91 Å². The normalized spacial score (nSPS) is 17.2. The summed E-state index contributed by atoms with van der Waals surface area (Å²) in [4.78, 5) is 17.7. The molecule has 4 heterocycles. The second-order valence-corrected chi connectivity index (χ2v) is 7.96. The van der Waals surface area contributed by atoms with Crippen LogP contribution >= 0.6 is 22.7 Å². The Balaban J connectivity index is 1.74. The predicted molar refractivity (Wildman–Crippen MR) is 101 cm³/mol. The third-order valence-corrected chi connectivity index (χ3v) is 6.42. The number of amides is 1. The Morgan fingerprint density at radius 1 is 1.48 bits per heavy atom. The lowest BCUT2D eigenvalue weighted by Crippen LogP contribution is -2.18. The SMILES string of the molecule is Cc1c(C(N)=O)cc(-c2csc(-c3cccs3)n2)n1CC1CCCO1. The number of thiophene rings is 1. The van der Waals surface area contributed by atoms with Crippen molar-refractivity contribution in [3.05, 3.63) is 40.2 Å². The Morgan fingerprint density at radius 2 is 2.36 bits per heavy atom. The summed E-state index contributed by atoms with van der Waals surface area (Å²) in [5.41, 5.74) is 8.81. The van der Waals surface area contributed by atoms with Crippen LogP contribution in [0.2, 0.25) is 0 Å². The number of hydrogen-bond donors (Lipinski definition) is 1. The molecule has 25 heavy (non-hydrogen) atoms. The van der Waals surface area contributed by atoms with E-state index in [4.69, 9.17) is 15.5 Å². The molecule has 130 valence electrons. The Bertz CT molecular complexity index is 890. The largest absolute Gasteiger partial charge is 0.376 e. The maximum absolute atomic E-state index is 11.8. The van der Waals surface area contributed by atoms with Gasteiger partial charge in [0, 0.05) is 24.2 Å². The highest BCUT2D eigenvalue weighted by Crippen LogP contribution is 2.33. The van der Waals surface area contributed by atoms with Gasteiger partial charge in [-0.05, 0) is 37.3 Å². The van der Waals surface area contributed by atoms with E-state index in [2.05, 4.69) is 10.6 Å². The summed E-state index contributed by atoms with van der Waals surface area (Å²) in [5, 5.41) is 5.08. The minimum Gasteiger partial charge on any atom is -0.376 e. The third-order valence-electron chi connectivity index (χ3n) is 4.54. The Labute approximate surface area is 154 Å². The molecule has 3 aromatic heterocycles. The van der Waals surface area contributed by atoms with Gasteiger partial charge in [0.15, 0.2) is 0 Å². The Morgan fingerprint density at radius 3 is 3.04 bits per heavy atom. The van der Waals surface area contributed by atoms with Crippen molar-refractivity contribution in [3.63, 3.8) is 0 Å². The van der Waals surface area contributed by atoms with Crippen LogP contribution in [0.5, 0.6) is 0 Å². The summed E-state index contributed by atoms with van der Waals surface area (Å²) < 4.78 is 7.91. The molecule has 1 aliphatic rings. The molecule has 1 aliphatic heterocycles. The second-order valence-electron chi connectivity index (χ2n) is 6.15. The van der Waals surface area contributed by atoms with Gasteiger partial charge in [-0.1, -0.05) is 6.07 Å². The molecule has 1 fully saturated rings. The highest BCUT2D eigenvalue weighted by atomic mass is 32.1. The Hall–Kier alpha value is -1.96. The molecule has 1 atom stereocenters. The molecule has 0 aromatic carbocycles. The van der Waals surface area contributed by atoms with Gasteiger partial charge in [0.05, 0.1) is 27.9 Å². The highest BCUT2D eigenvalue weighted by Gasteiger charge is 2.23. The van der Waals surface area contributed by atoms with Crippen molar-refractivity contribution >= 4 is 28.6 Å². The fraction of sp³-hybridized carbons (Fsp3) is 0.333. The fourth-order valence-corrected chi connectivity index (χ4v) is 4.87. The monoisotopic (exact) mass is 373 g/mol. The minimum absolute atomic E-state index is 0.181. The van der Waals surface area contributed by atoms with E-state index in [-0.39, 0.29) is 6.10 Å². The molecule has 1 saturated heterocycles. The number of rotatable bonds is 5. The van der Waals surface area contributed by atoms with Crippen molar-refractivity contribution < 1.29 is 9.53 Å². The maximum atomic E-state index is 11.8. The molecular weight excluding hydrogens is 354 g/mol. The van der Waals surface area contributed by atoms with E-state index in [9.17, 15) is 4.79 Å². The van der Waals surface area contributed by atoms with Crippen LogP contribution < -0.4 is 5.73 Å². The summed E-state index contributed by atoms with van der Waals surface area (Å²) in [5.74, 6) is -0.404. The molecule has 7 heteroatoms. The molecular formula is C18H19N3O2S2. The molecule has 1 unspecified atom stereocenters. The highest BCUT2D eigenvalue weighted by molar-refractivity contribution is 7.20. The number of carbonyl (C=O) groups excluding carboxylic acids is 1. The first-order chi connectivity index (χ1) is 12.1. The molecule has 2 N–H and O–H groups in total. The summed E-state index contributed by atoms with van der Waals surface area (Å²) in [6.45, 7) is 3.47. The number of thiazole rings is 1. The number of primary amides is 1. The summed E-state index contributed by atoms with van der Waals surface area (Å²) >= 11 is 3.29. The van der Waals surface area contributed by atoms with Gasteiger partial charge in [0.1, 0.15) is 5.01 Å². The molecule has 5 nitrogen and oxygen atoms in total. The number of carbonyl (C=O) groups is 1. The van der Waals surface area contributed by atoms with Crippen molar-refractivity contribution in [2.24, 2.45) is 5.73 Å². The summed E-state index contributed by atoms with van der Waals surface area (Å²) in [6.07, 6.45) is 2.31. The van der Waals surface area contributed by atoms with Gasteiger partial charge < -0.3 is 15.0 Å². The topological polar surface area (TPSA) is 70.1 Å². The maximum Gasteiger partial charge on any atom is 0.250 e. The van der Waals surface area contributed by atoms with E-state index in [0.29, 0.717) is 5.56 Å². The van der Waals surface area contributed by atoms with Gasteiger partial charge in [0.2, 0.25) is 0 Å². The van der Waals surface area contributed by atoms with Gasteiger partial charge in [0.25, 0.3) is 5.91 Å². The van der Waals surface area contributed by atoms with Gasteiger partial charge in [-0.25, -0.2) is 4.98 Å². The molecule has 0 radical (unpaired) electrons. The fourth-order valence-electron chi connectivity index (χ4n) is 3.24. The molecule has 3 aromatic rings. The van der Waals surface area contributed by atoms with E-state index in [0.717, 1.165) is 53.0 Å². The van der Waals surface area contributed by atoms with E-state index >= 15 is 0 Å². The third kappa shape index (κ3) is 3.15. The van der Waals surface area contributed by atoms with E-state index in [1.807, 2.05) is 29.8 Å². The number of ether oxygens (including phenoxy) is 1. The van der Waals surface area contributed by atoms with Crippen LogP contribution in [-0.4, -0.2) is 28.2 Å². The van der Waals surface area contributed by atoms with E-state index in [1.54, 1.807) is 22.7 Å². The quantitative estimate of drug-likeness (QED) is 0.737. The van der Waals surface area contributed by atoms with Crippen LogP contribution in [0.1, 0.15) is 28.9 Å². The van der Waals surface area contributed by atoms with Crippen molar-refractivity contribution in [3.8, 4) is 21.3 Å². The summed E-state index contributed by atoms with van der Waals surface area (Å²) in [7, 11) is 0. The van der Waals surface area contributed by atoms with Crippen molar-refractivity contribution in [2.45, 2.75) is 32.4 Å². The number of hydrogen-bond acceptors (Lipinski definition) is 5. The van der Waals surface area contributed by atoms with Crippen LogP contribution in [0.4, 0.5) is 0 Å². The number of nitrogens with two attached hydrogens (primary N) is 1. The first kappa shape index (κ1) is 16.5. The van der Waals surface area contributed by atoms with Crippen LogP contribution in [-0.2, 0) is 11.3 Å². The summed E-state index contributed by atoms with van der Waals surface area (Å²) in [6, 6.07) is 5.95. The first-order valence-electron chi connectivity index (χ1n) is 8.25. The van der Waals surface area contributed by atoms with Crippen molar-refractivity contribution in [1.82, 2.24) is 9.55 Å². The average Bonchev–Trinajstić information content (AvgIpc) is 3.35. The van der Waals surface area contributed by atoms with Gasteiger partial charge in [-0.3, -0.25) is 4.79 Å². The smallest absolute Gasteiger partial charge is 0.250 e. The lowest BCUT2D eigenvalue weighted by atomic mass is 10.2. The lowest BCUT2D eigenvalue weighted by Gasteiger charge is -2.15. The zero-order valence-electron chi connectivity index (χ0n) is 13.9. The van der Waals surface area contributed by atoms with Crippen LogP contribution in [0.3, 0.4) is 0 Å². The van der Waals surface area contributed by atoms with Gasteiger partial charge >= 0.3 is 0 Å². The van der Waals surface area contributed by atoms with Crippen molar-refractivity contribution in [2.75, 3.05) is 6.61 Å². The number of aromatic nitrogens is 2. The van der Waals surface area contributed by atoms with Gasteiger partial charge in [-0.2, -0.15) is 0 Å². The molecule has 0 saturated carbocycles. The zero-order valence-corrected chi connectivity index (χ0v) is 15.5. The van der Waals surface area contributed by atoms with E-state index in [1.165, 1.54) is 0 Å². The molecule has 1 amide bonds. The van der Waals surface area contributed by atoms with Crippen LogP contribution in [0, 0.1) is 6.92 Å². The van der Waals surface area contributed by atoms with Crippen molar-refractivity contribution in [1.29, 1.82) is 0 Å². The molecule has 0 bridgehead atoms. The standard InChI is InChI=1S/C18H19N3O2S2/c1-11-13(17(19)22)8-15(21(11)9-12-4-2-6-23-12)14-10-25-18(20-14)16-5-3-7-24-16/h3,5,7-8,10,12H,2,4,6,9H2,1H3,(H2,19,22). The molecule has 0 spiro atoms. The minimum atomic E-state index is -0.404. The van der Waals surface area contributed by atoms with Crippen LogP contribution in [0.15, 0.2) is 29.0 Å². The second kappa shape index (κ2) is 6.74. The lowest BCUT2D eigenvalue weighted by molar-refractivity contribution is 0.0961. The molecule has 0 aliphatic carbocycles. The molecule has 4 rings (SSSR count). The van der Waals surface area contributed by atoms with Gasteiger partial charge in [-0.15, -0.1) is 22.7 Å².